The van der Waals surface area contributed by atoms with E-state index in [-0.39, 0.29) is 17.4 Å². The van der Waals surface area contributed by atoms with E-state index in [2.05, 4.69) is 15.4 Å². The molecular weight excluding hydrogens is 261 g/mol. The van der Waals surface area contributed by atoms with Gasteiger partial charge in [-0.3, -0.25) is 4.98 Å². The molecule has 0 aliphatic carbocycles. The first-order chi connectivity index (χ1) is 8.99. The zero-order valence-electron chi connectivity index (χ0n) is 9.48. The lowest BCUT2D eigenvalue weighted by atomic mass is 10.2. The van der Waals surface area contributed by atoms with Gasteiger partial charge in [0.2, 0.25) is 5.88 Å². The van der Waals surface area contributed by atoms with Crippen LogP contribution in [0.4, 0.5) is 19.0 Å². The molecule has 3 N–H and O–H groups in total. The van der Waals surface area contributed by atoms with Gasteiger partial charge in [-0.15, -0.1) is 0 Å². The molecule has 0 radical (unpaired) electrons. The van der Waals surface area contributed by atoms with Crippen LogP contribution in [0.3, 0.4) is 0 Å². The van der Waals surface area contributed by atoms with Gasteiger partial charge in [0.15, 0.2) is 0 Å². The average molecular weight is 270 g/mol. The number of hydrazine groups is 1. The number of pyridine rings is 2. The highest BCUT2D eigenvalue weighted by molar-refractivity contribution is 5.42. The summed E-state index contributed by atoms with van der Waals surface area (Å²) >= 11 is 0. The van der Waals surface area contributed by atoms with Gasteiger partial charge in [0, 0.05) is 12.3 Å². The maximum atomic E-state index is 12.7. The van der Waals surface area contributed by atoms with Crippen molar-refractivity contribution in [3.8, 4) is 11.6 Å². The molecule has 0 atom stereocenters. The molecule has 0 bridgehead atoms. The van der Waals surface area contributed by atoms with Gasteiger partial charge >= 0.3 is 6.18 Å². The number of nitrogens with two attached hydrogens (primary N) is 1. The van der Waals surface area contributed by atoms with Crippen molar-refractivity contribution in [1.29, 1.82) is 0 Å². The van der Waals surface area contributed by atoms with Gasteiger partial charge in [0.25, 0.3) is 0 Å². The van der Waals surface area contributed by atoms with E-state index in [0.29, 0.717) is 0 Å². The number of halogens is 3. The Labute approximate surface area is 106 Å². The zero-order valence-corrected chi connectivity index (χ0v) is 9.48. The highest BCUT2D eigenvalue weighted by atomic mass is 19.4. The van der Waals surface area contributed by atoms with Gasteiger partial charge in [-0.2, -0.15) is 18.2 Å². The highest BCUT2D eigenvalue weighted by Crippen LogP contribution is 2.33. The maximum absolute atomic E-state index is 12.7. The smallest absolute Gasteiger partial charge is 0.416 e. The van der Waals surface area contributed by atoms with Crippen molar-refractivity contribution in [2.75, 3.05) is 5.43 Å². The van der Waals surface area contributed by atoms with Crippen LogP contribution in [0.2, 0.25) is 0 Å². The highest BCUT2D eigenvalue weighted by Gasteiger charge is 2.32. The Morgan fingerprint density at radius 2 is 2.05 bits per heavy atom. The van der Waals surface area contributed by atoms with Gasteiger partial charge in [0.1, 0.15) is 11.6 Å². The molecule has 0 saturated carbocycles. The molecule has 0 amide bonds. The van der Waals surface area contributed by atoms with Crippen molar-refractivity contribution in [1.82, 2.24) is 9.97 Å². The van der Waals surface area contributed by atoms with Crippen molar-refractivity contribution >= 4 is 5.82 Å². The lowest BCUT2D eigenvalue weighted by molar-refractivity contribution is -0.137. The van der Waals surface area contributed by atoms with Gasteiger partial charge in [0.05, 0.1) is 11.8 Å². The minimum Gasteiger partial charge on any atom is -0.437 e. The second-order valence-corrected chi connectivity index (χ2v) is 3.51. The third-order valence-corrected chi connectivity index (χ3v) is 2.13. The average Bonchev–Trinajstić information content (AvgIpc) is 2.38. The van der Waals surface area contributed by atoms with Crippen LogP contribution in [-0.4, -0.2) is 9.97 Å². The van der Waals surface area contributed by atoms with E-state index in [1.807, 2.05) is 0 Å². The number of ether oxygens (including phenoxy) is 1. The number of anilines is 1. The van der Waals surface area contributed by atoms with E-state index in [1.54, 1.807) is 12.1 Å². The third-order valence-electron chi connectivity index (χ3n) is 2.13. The van der Waals surface area contributed by atoms with Gasteiger partial charge in [-0.05, 0) is 18.2 Å². The summed E-state index contributed by atoms with van der Waals surface area (Å²) < 4.78 is 43.2. The van der Waals surface area contributed by atoms with Crippen molar-refractivity contribution < 1.29 is 17.9 Å². The summed E-state index contributed by atoms with van der Waals surface area (Å²) in [5, 5.41) is 0. The molecule has 0 unspecified atom stereocenters. The molecule has 0 aromatic carbocycles. The van der Waals surface area contributed by atoms with E-state index in [0.717, 1.165) is 12.1 Å². The normalized spacial score (nSPS) is 11.2. The molecule has 2 heterocycles. The Kier molecular flexibility index (Phi) is 3.52. The van der Waals surface area contributed by atoms with Gasteiger partial charge in [-0.1, -0.05) is 0 Å². The summed E-state index contributed by atoms with van der Waals surface area (Å²) in [5.41, 5.74) is 1.15. The minimum atomic E-state index is -4.51. The molecule has 0 aliphatic rings. The Hall–Kier alpha value is -2.35. The first-order valence-corrected chi connectivity index (χ1v) is 5.13. The first kappa shape index (κ1) is 13.1. The molecule has 2 aromatic heterocycles. The maximum Gasteiger partial charge on any atom is 0.416 e. The van der Waals surface area contributed by atoms with E-state index < -0.39 is 11.7 Å². The number of rotatable bonds is 3. The number of nitrogen functional groups attached to an aromatic ring is 1. The number of hydrogen-bond donors (Lipinski definition) is 2. The van der Waals surface area contributed by atoms with Crippen LogP contribution in [0.15, 0.2) is 36.7 Å². The predicted molar refractivity (Wildman–Crippen MR) is 61.4 cm³/mol. The number of aromatic nitrogens is 2. The van der Waals surface area contributed by atoms with E-state index in [9.17, 15) is 13.2 Å². The standard InChI is InChI=1S/C11H9F3N4O/c12-11(13,14)7-4-9(18-15)17-10(5-7)19-8-2-1-3-16-6-8/h1-6H,15H2,(H,17,18). The van der Waals surface area contributed by atoms with Gasteiger partial charge in [-0.25, -0.2) is 5.84 Å². The number of hydrogen-bond acceptors (Lipinski definition) is 5. The molecule has 19 heavy (non-hydrogen) atoms. The second kappa shape index (κ2) is 5.11. The van der Waals surface area contributed by atoms with E-state index in [4.69, 9.17) is 10.6 Å². The number of nitrogens with zero attached hydrogens (tertiary/aromatic N) is 2. The molecule has 5 nitrogen and oxygen atoms in total. The summed E-state index contributed by atoms with van der Waals surface area (Å²) in [5.74, 6) is 4.98. The molecule has 2 aromatic rings. The summed E-state index contributed by atoms with van der Waals surface area (Å²) in [6.07, 6.45) is -1.64. The summed E-state index contributed by atoms with van der Waals surface area (Å²) in [6.45, 7) is 0. The third kappa shape index (κ3) is 3.32. The lowest BCUT2D eigenvalue weighted by Gasteiger charge is -2.11. The van der Waals surface area contributed by atoms with Crippen molar-refractivity contribution in [3.05, 3.63) is 42.2 Å². The van der Waals surface area contributed by atoms with Crippen LogP contribution in [0.5, 0.6) is 11.6 Å². The largest absolute Gasteiger partial charge is 0.437 e. The van der Waals surface area contributed by atoms with E-state index in [1.165, 1.54) is 12.4 Å². The van der Waals surface area contributed by atoms with Crippen LogP contribution in [-0.2, 0) is 6.18 Å². The Morgan fingerprint density at radius 3 is 2.63 bits per heavy atom. The SMILES string of the molecule is NNc1cc(C(F)(F)F)cc(Oc2cccnc2)n1. The van der Waals surface area contributed by atoms with Gasteiger partial charge < -0.3 is 10.2 Å². The molecule has 2 rings (SSSR count). The molecule has 0 fully saturated rings. The second-order valence-electron chi connectivity index (χ2n) is 3.51. The quantitative estimate of drug-likeness (QED) is 0.662. The Morgan fingerprint density at radius 1 is 1.26 bits per heavy atom. The monoisotopic (exact) mass is 270 g/mol. The molecule has 8 heteroatoms. The van der Waals surface area contributed by atoms with Crippen LogP contribution in [0.25, 0.3) is 0 Å². The zero-order chi connectivity index (χ0) is 13.9. The number of alkyl halides is 3. The Bertz CT molecular complexity index is 560. The van der Waals surface area contributed by atoms with Crippen LogP contribution in [0, 0.1) is 0 Å². The summed E-state index contributed by atoms with van der Waals surface area (Å²) in [4.78, 5) is 7.55. The van der Waals surface area contributed by atoms with Crippen LogP contribution >= 0.6 is 0 Å². The summed E-state index contributed by atoms with van der Waals surface area (Å²) in [6, 6.07) is 4.71. The molecule has 0 aliphatic heterocycles. The van der Waals surface area contributed by atoms with E-state index >= 15 is 0 Å². The van der Waals surface area contributed by atoms with Crippen LogP contribution < -0.4 is 16.0 Å². The summed E-state index contributed by atoms with van der Waals surface area (Å²) in [7, 11) is 0. The van der Waals surface area contributed by atoms with Crippen molar-refractivity contribution in [2.24, 2.45) is 5.84 Å². The first-order valence-electron chi connectivity index (χ1n) is 5.13. The topological polar surface area (TPSA) is 73.1 Å². The fourth-order valence-electron chi connectivity index (χ4n) is 1.32. The lowest BCUT2D eigenvalue weighted by Crippen LogP contribution is -2.12. The molecule has 100 valence electrons. The number of nitrogens with one attached hydrogen (secondary N) is 1. The Balaban J connectivity index is 2.35. The molecule has 0 saturated heterocycles. The van der Waals surface area contributed by atoms with Crippen molar-refractivity contribution in [2.45, 2.75) is 6.18 Å². The fraction of sp³-hybridized carbons (Fsp3) is 0.0909. The molecular formula is C11H9F3N4O. The predicted octanol–water partition coefficient (Wildman–Crippen LogP) is 2.57. The fourth-order valence-corrected chi connectivity index (χ4v) is 1.32. The van der Waals surface area contributed by atoms with Crippen molar-refractivity contribution in [3.63, 3.8) is 0 Å². The minimum absolute atomic E-state index is 0.145. The van der Waals surface area contributed by atoms with Crippen LogP contribution in [0.1, 0.15) is 5.56 Å². The molecule has 0 spiro atoms.